The van der Waals surface area contributed by atoms with Crippen molar-refractivity contribution >= 4 is 19.3 Å². The number of ether oxygens (including phenoxy) is 2. The number of hydrogen-bond acceptors (Lipinski definition) is 6. The average molecular weight is 553 g/mol. The predicted octanol–water partition coefficient (Wildman–Crippen LogP) is 5.52. The molecule has 0 radical (unpaired) electrons. The summed E-state index contributed by atoms with van der Waals surface area (Å²) in [5.74, 6) is 0.683. The van der Waals surface area contributed by atoms with Crippen molar-refractivity contribution in [1.82, 2.24) is 10.2 Å². The van der Waals surface area contributed by atoms with Crippen LogP contribution in [0.3, 0.4) is 0 Å². The van der Waals surface area contributed by atoms with Gasteiger partial charge < -0.3 is 24.1 Å². The third-order valence-corrected chi connectivity index (χ3v) is 10.7. The second kappa shape index (κ2) is 9.65. The Morgan fingerprint density at radius 2 is 1.82 bits per heavy atom. The zero-order valence-corrected chi connectivity index (χ0v) is 24.9. The number of fused-ring (bicyclic) bond motifs is 2. The van der Waals surface area contributed by atoms with E-state index in [9.17, 15) is 9.59 Å². The van der Waals surface area contributed by atoms with Crippen molar-refractivity contribution in [3.63, 3.8) is 0 Å². The molecule has 5 atom stereocenters. The molecule has 3 saturated heterocycles. The maximum atomic E-state index is 13.3. The molecule has 3 aliphatic carbocycles. The maximum absolute atomic E-state index is 13.3. The molecule has 9 heteroatoms. The van der Waals surface area contributed by atoms with Crippen molar-refractivity contribution < 1.29 is 28.4 Å². The number of amides is 2. The number of rotatable bonds is 6. The number of carbonyl (C=O) groups is 2. The van der Waals surface area contributed by atoms with Crippen LogP contribution in [0, 0.1) is 17.3 Å². The van der Waals surface area contributed by atoms with Gasteiger partial charge in [-0.15, -0.1) is 0 Å². The fraction of sp³-hybridized carbons (Fsp3) is 0.742. The monoisotopic (exact) mass is 552 g/mol. The molecule has 1 N–H and O–H groups in total. The molecule has 6 aliphatic rings. The largest absolute Gasteiger partial charge is 0.482 e. The first-order valence-corrected chi connectivity index (χ1v) is 15.1. The number of nitrogens with one attached hydrogen (secondary N) is 1. The zero-order valence-electron chi connectivity index (χ0n) is 24.9. The minimum atomic E-state index is -0.575. The van der Waals surface area contributed by atoms with E-state index < -0.39 is 30.3 Å². The molecule has 3 heterocycles. The molecule has 4 bridgehead atoms. The molecule has 3 aliphatic heterocycles. The molecule has 218 valence electrons. The van der Waals surface area contributed by atoms with Crippen molar-refractivity contribution in [2.24, 2.45) is 17.3 Å². The van der Waals surface area contributed by atoms with Crippen LogP contribution in [0.4, 0.5) is 9.59 Å². The molecule has 0 spiro atoms. The van der Waals surface area contributed by atoms with Gasteiger partial charge in [0.2, 0.25) is 0 Å². The number of hydrogen-bond donors (Lipinski definition) is 1. The van der Waals surface area contributed by atoms with Crippen LogP contribution in [0.1, 0.15) is 85.6 Å². The molecular weight excluding hydrogens is 507 g/mol. The lowest BCUT2D eigenvalue weighted by atomic mass is 9.43. The Morgan fingerprint density at radius 3 is 2.48 bits per heavy atom. The molecule has 1 aromatic carbocycles. The van der Waals surface area contributed by atoms with E-state index in [1.165, 1.54) is 6.42 Å². The first-order valence-electron chi connectivity index (χ1n) is 15.1. The van der Waals surface area contributed by atoms with Crippen LogP contribution in [-0.4, -0.2) is 65.6 Å². The molecule has 2 amide bonds. The lowest BCUT2D eigenvalue weighted by Crippen LogP contribution is -2.65. The van der Waals surface area contributed by atoms with Crippen LogP contribution < -0.4 is 5.32 Å². The van der Waals surface area contributed by atoms with Crippen LogP contribution in [-0.2, 0) is 25.2 Å². The standard InChI is InChI=1S/C31H45BN2O6/c1-28(2,3)38-27(36)34-22-12-14-31(34,15-13-22)19-37-26(35)33-25(16-20-10-8-7-9-11-20)32-39-24-18-21-17-23(29(21,4)5)30(24,6)40-32/h7-11,21-25H,12-19H2,1-6H3,(H,33,35)/t21?,22?,23?,24-,25?,30+,31?/m1/s1. The second-order valence-electron chi connectivity index (χ2n) is 14.7. The second-order valence-corrected chi connectivity index (χ2v) is 14.7. The highest BCUT2D eigenvalue weighted by atomic mass is 16.7. The topological polar surface area (TPSA) is 86.3 Å². The number of benzene rings is 1. The number of carbonyl (C=O) groups excluding carboxylic acids is 2. The molecule has 40 heavy (non-hydrogen) atoms. The van der Waals surface area contributed by atoms with Gasteiger partial charge in [-0.05, 0) is 95.5 Å². The van der Waals surface area contributed by atoms with E-state index in [-0.39, 0.29) is 35.9 Å². The highest BCUT2D eigenvalue weighted by Gasteiger charge is 2.68. The van der Waals surface area contributed by atoms with Gasteiger partial charge >= 0.3 is 19.3 Å². The van der Waals surface area contributed by atoms with Crippen LogP contribution in [0.5, 0.6) is 0 Å². The van der Waals surface area contributed by atoms with E-state index in [0.717, 1.165) is 37.7 Å². The summed E-state index contributed by atoms with van der Waals surface area (Å²) in [6.45, 7) is 12.7. The van der Waals surface area contributed by atoms with Gasteiger partial charge in [-0.1, -0.05) is 44.2 Å². The van der Waals surface area contributed by atoms with Gasteiger partial charge in [0.25, 0.3) is 0 Å². The van der Waals surface area contributed by atoms with Crippen molar-refractivity contribution in [2.75, 3.05) is 6.61 Å². The number of nitrogens with zero attached hydrogens (tertiary/aromatic N) is 1. The normalized spacial score (nSPS) is 36.0. The van der Waals surface area contributed by atoms with Crippen LogP contribution in [0.2, 0.25) is 0 Å². The summed E-state index contributed by atoms with van der Waals surface area (Å²) >= 11 is 0. The summed E-state index contributed by atoms with van der Waals surface area (Å²) in [6, 6.07) is 10.2. The minimum absolute atomic E-state index is 0.0283. The van der Waals surface area contributed by atoms with Gasteiger partial charge in [0.05, 0.1) is 23.2 Å². The SMILES string of the molecule is CC(C)(C)OC(=O)N1C2CCC1(COC(=O)NC(Cc1ccccc1)B1O[C@@H]3CC4CC(C4(C)C)[C@]3(C)O1)CC2. The fourth-order valence-corrected chi connectivity index (χ4v) is 8.44. The maximum Gasteiger partial charge on any atom is 0.482 e. The van der Waals surface area contributed by atoms with Gasteiger partial charge in [-0.3, -0.25) is 4.90 Å². The van der Waals surface area contributed by atoms with Gasteiger partial charge in [-0.25, -0.2) is 9.59 Å². The Kier molecular flexibility index (Phi) is 6.73. The lowest BCUT2D eigenvalue weighted by Gasteiger charge is -2.64. The summed E-state index contributed by atoms with van der Waals surface area (Å²) in [4.78, 5) is 28.2. The lowest BCUT2D eigenvalue weighted by molar-refractivity contribution is -0.199. The minimum Gasteiger partial charge on any atom is -0.447 e. The Balaban J connectivity index is 1.14. The van der Waals surface area contributed by atoms with Crippen molar-refractivity contribution in [3.8, 4) is 0 Å². The summed E-state index contributed by atoms with van der Waals surface area (Å²) in [5.41, 5.74) is -0.111. The molecule has 7 rings (SSSR count). The fourth-order valence-electron chi connectivity index (χ4n) is 8.44. The Morgan fingerprint density at radius 1 is 1.12 bits per heavy atom. The smallest absolute Gasteiger partial charge is 0.447 e. The Labute approximate surface area is 239 Å². The first kappa shape index (κ1) is 27.9. The van der Waals surface area contributed by atoms with Crippen molar-refractivity contribution in [2.45, 2.75) is 121 Å². The Bertz CT molecular complexity index is 1130. The van der Waals surface area contributed by atoms with Gasteiger partial charge in [0, 0.05) is 6.04 Å². The summed E-state index contributed by atoms with van der Waals surface area (Å²) < 4.78 is 24.9. The highest BCUT2D eigenvalue weighted by molar-refractivity contribution is 6.47. The van der Waals surface area contributed by atoms with Crippen molar-refractivity contribution in [3.05, 3.63) is 35.9 Å². The van der Waals surface area contributed by atoms with E-state index in [0.29, 0.717) is 18.3 Å². The molecule has 6 fully saturated rings. The van der Waals surface area contributed by atoms with Gasteiger partial charge in [0.15, 0.2) is 0 Å². The van der Waals surface area contributed by atoms with E-state index in [1.54, 1.807) is 0 Å². The Hall–Kier alpha value is -2.26. The third kappa shape index (κ3) is 4.71. The molecule has 1 aromatic rings. The van der Waals surface area contributed by atoms with E-state index in [1.807, 2.05) is 43.9 Å². The third-order valence-electron chi connectivity index (χ3n) is 10.7. The predicted molar refractivity (Wildman–Crippen MR) is 152 cm³/mol. The van der Waals surface area contributed by atoms with Gasteiger partial charge in [0.1, 0.15) is 12.2 Å². The van der Waals surface area contributed by atoms with Crippen LogP contribution >= 0.6 is 0 Å². The quantitative estimate of drug-likeness (QED) is 0.468. The summed E-state index contributed by atoms with van der Waals surface area (Å²) in [6.07, 6.45) is 5.37. The van der Waals surface area contributed by atoms with Gasteiger partial charge in [-0.2, -0.15) is 0 Å². The van der Waals surface area contributed by atoms with E-state index in [4.69, 9.17) is 18.8 Å². The van der Waals surface area contributed by atoms with E-state index >= 15 is 0 Å². The number of alkyl carbamates (subject to hydrolysis) is 1. The summed E-state index contributed by atoms with van der Waals surface area (Å²) in [7, 11) is -0.559. The van der Waals surface area contributed by atoms with E-state index in [2.05, 4.69) is 38.2 Å². The van der Waals surface area contributed by atoms with Crippen LogP contribution in [0.25, 0.3) is 0 Å². The zero-order chi connectivity index (χ0) is 28.5. The molecular formula is C31H45BN2O6. The highest BCUT2D eigenvalue weighted by Crippen LogP contribution is 2.65. The molecule has 3 saturated carbocycles. The molecule has 8 nitrogen and oxygen atoms in total. The summed E-state index contributed by atoms with van der Waals surface area (Å²) in [5, 5.41) is 3.10. The molecule has 0 aromatic heterocycles. The van der Waals surface area contributed by atoms with Crippen molar-refractivity contribution in [1.29, 1.82) is 0 Å². The average Bonchev–Trinajstić information content (AvgIpc) is 3.55. The molecule has 3 unspecified atom stereocenters. The van der Waals surface area contributed by atoms with Crippen LogP contribution in [0.15, 0.2) is 30.3 Å². The first-order chi connectivity index (χ1) is 18.8.